The molecule has 0 unspecified atom stereocenters. The molecule has 0 bridgehead atoms. The summed E-state index contributed by atoms with van der Waals surface area (Å²) in [6, 6.07) is 0. The molecule has 0 aliphatic rings. The Balaban J connectivity index is 3.31. The first-order chi connectivity index (χ1) is 12.1. The Morgan fingerprint density at radius 1 is 0.680 bits per heavy atom. The SMILES string of the molecule is CCCCCCCCS(=O)(=O)NCCCNCCCCNCCCN. The van der Waals surface area contributed by atoms with Crippen LogP contribution in [0.25, 0.3) is 0 Å². The van der Waals surface area contributed by atoms with Gasteiger partial charge in [-0.1, -0.05) is 39.0 Å². The van der Waals surface area contributed by atoms with E-state index in [1.54, 1.807) is 0 Å². The highest BCUT2D eigenvalue weighted by molar-refractivity contribution is 7.89. The lowest BCUT2D eigenvalue weighted by Crippen LogP contribution is -2.29. The van der Waals surface area contributed by atoms with Crippen molar-refractivity contribution in [1.29, 1.82) is 0 Å². The minimum absolute atomic E-state index is 0.268. The molecular formula is C18H42N4O2S. The molecular weight excluding hydrogens is 336 g/mol. The van der Waals surface area contributed by atoms with Gasteiger partial charge in [0.05, 0.1) is 5.75 Å². The van der Waals surface area contributed by atoms with Crippen LogP contribution in [0.15, 0.2) is 0 Å². The van der Waals surface area contributed by atoms with Gasteiger partial charge in [-0.05, 0) is 64.8 Å². The number of hydrogen-bond acceptors (Lipinski definition) is 5. The molecule has 0 saturated heterocycles. The lowest BCUT2D eigenvalue weighted by molar-refractivity contribution is 0.555. The van der Waals surface area contributed by atoms with Crippen molar-refractivity contribution in [2.24, 2.45) is 5.73 Å². The smallest absolute Gasteiger partial charge is 0.211 e. The highest BCUT2D eigenvalue weighted by Crippen LogP contribution is 2.05. The molecule has 0 spiro atoms. The van der Waals surface area contributed by atoms with Gasteiger partial charge in [-0.15, -0.1) is 0 Å². The molecule has 7 heteroatoms. The van der Waals surface area contributed by atoms with Crippen LogP contribution in [0.4, 0.5) is 0 Å². The standard InChI is InChI=1S/C18H42N4O2S/c1-2-3-4-5-6-9-18-25(23,24)22-17-11-16-21-14-8-7-13-20-15-10-12-19/h20-22H,2-19H2,1H3. The van der Waals surface area contributed by atoms with Gasteiger partial charge in [0.25, 0.3) is 0 Å². The third-order valence-electron chi connectivity index (χ3n) is 4.13. The lowest BCUT2D eigenvalue weighted by atomic mass is 10.1. The molecule has 5 N–H and O–H groups in total. The van der Waals surface area contributed by atoms with Crippen molar-refractivity contribution in [3.63, 3.8) is 0 Å². The van der Waals surface area contributed by atoms with Crippen LogP contribution in [-0.4, -0.2) is 53.4 Å². The fourth-order valence-corrected chi connectivity index (χ4v) is 3.75. The summed E-state index contributed by atoms with van der Waals surface area (Å²) in [6.07, 6.45) is 10.8. The van der Waals surface area contributed by atoms with Crippen molar-refractivity contribution in [3.8, 4) is 0 Å². The monoisotopic (exact) mass is 378 g/mol. The lowest BCUT2D eigenvalue weighted by Gasteiger charge is -2.08. The normalized spacial score (nSPS) is 11.9. The topological polar surface area (TPSA) is 96.2 Å². The van der Waals surface area contributed by atoms with Gasteiger partial charge in [0.2, 0.25) is 10.0 Å². The largest absolute Gasteiger partial charge is 0.330 e. The van der Waals surface area contributed by atoms with Crippen LogP contribution in [0.2, 0.25) is 0 Å². The Morgan fingerprint density at radius 3 is 1.88 bits per heavy atom. The van der Waals surface area contributed by atoms with Crippen LogP contribution < -0.4 is 21.1 Å². The Morgan fingerprint density at radius 2 is 1.24 bits per heavy atom. The zero-order chi connectivity index (χ0) is 18.6. The maximum absolute atomic E-state index is 11.9. The number of nitrogens with two attached hydrogens (primary N) is 1. The van der Waals surface area contributed by atoms with Gasteiger partial charge in [-0.25, -0.2) is 13.1 Å². The first-order valence-electron chi connectivity index (χ1n) is 10.2. The van der Waals surface area contributed by atoms with E-state index in [-0.39, 0.29) is 5.75 Å². The molecule has 0 fully saturated rings. The van der Waals surface area contributed by atoms with Gasteiger partial charge < -0.3 is 16.4 Å². The molecule has 25 heavy (non-hydrogen) atoms. The van der Waals surface area contributed by atoms with Crippen LogP contribution in [0.1, 0.15) is 71.1 Å². The van der Waals surface area contributed by atoms with Crippen LogP contribution in [-0.2, 0) is 10.0 Å². The number of sulfonamides is 1. The van der Waals surface area contributed by atoms with Gasteiger partial charge in [0.15, 0.2) is 0 Å². The maximum Gasteiger partial charge on any atom is 0.211 e. The minimum atomic E-state index is -3.08. The van der Waals surface area contributed by atoms with Crippen LogP contribution in [0, 0.1) is 0 Å². The van der Waals surface area contributed by atoms with E-state index in [4.69, 9.17) is 5.73 Å². The first kappa shape index (κ1) is 24.8. The fraction of sp³-hybridized carbons (Fsp3) is 1.00. The fourth-order valence-electron chi connectivity index (χ4n) is 2.56. The summed E-state index contributed by atoms with van der Waals surface area (Å²) >= 11 is 0. The number of nitrogens with one attached hydrogen (secondary N) is 3. The molecule has 0 saturated carbocycles. The molecule has 0 aliphatic carbocycles. The average Bonchev–Trinajstić information content (AvgIpc) is 2.59. The molecule has 0 heterocycles. The minimum Gasteiger partial charge on any atom is -0.330 e. The predicted molar refractivity (Wildman–Crippen MR) is 108 cm³/mol. The van der Waals surface area contributed by atoms with Gasteiger partial charge >= 0.3 is 0 Å². The second kappa shape index (κ2) is 18.6. The highest BCUT2D eigenvalue weighted by Gasteiger charge is 2.08. The van der Waals surface area contributed by atoms with Gasteiger partial charge in [0, 0.05) is 6.54 Å². The summed E-state index contributed by atoms with van der Waals surface area (Å²) < 4.78 is 26.4. The summed E-state index contributed by atoms with van der Waals surface area (Å²) in [5.74, 6) is 0.268. The quantitative estimate of drug-likeness (QED) is 0.243. The van der Waals surface area contributed by atoms with Crippen molar-refractivity contribution >= 4 is 10.0 Å². The molecule has 0 aromatic carbocycles. The van der Waals surface area contributed by atoms with Crippen LogP contribution in [0.3, 0.4) is 0 Å². The van der Waals surface area contributed by atoms with E-state index in [1.165, 1.54) is 19.3 Å². The molecule has 152 valence electrons. The predicted octanol–water partition coefficient (Wildman–Crippen LogP) is 1.96. The Bertz CT molecular complexity index is 364. The molecule has 0 aromatic heterocycles. The molecule has 0 amide bonds. The molecule has 0 rings (SSSR count). The summed E-state index contributed by atoms with van der Waals surface area (Å²) in [5, 5.41) is 6.72. The number of unbranched alkanes of at least 4 members (excludes halogenated alkanes) is 6. The van der Waals surface area contributed by atoms with Crippen molar-refractivity contribution in [2.45, 2.75) is 71.1 Å². The van der Waals surface area contributed by atoms with Gasteiger partial charge in [-0.3, -0.25) is 0 Å². The van der Waals surface area contributed by atoms with Crippen molar-refractivity contribution in [1.82, 2.24) is 15.4 Å². The Kier molecular flexibility index (Phi) is 18.4. The van der Waals surface area contributed by atoms with E-state index in [9.17, 15) is 8.42 Å². The summed E-state index contributed by atoms with van der Waals surface area (Å²) in [7, 11) is -3.08. The maximum atomic E-state index is 11.9. The molecule has 6 nitrogen and oxygen atoms in total. The first-order valence-corrected chi connectivity index (χ1v) is 11.9. The second-order valence-corrected chi connectivity index (χ2v) is 8.61. The zero-order valence-electron chi connectivity index (χ0n) is 16.3. The van der Waals surface area contributed by atoms with Crippen LogP contribution >= 0.6 is 0 Å². The number of hydrogen-bond donors (Lipinski definition) is 4. The summed E-state index contributed by atoms with van der Waals surface area (Å²) in [6.45, 7) is 7.36. The van der Waals surface area contributed by atoms with Crippen molar-refractivity contribution in [3.05, 3.63) is 0 Å². The molecule has 0 atom stereocenters. The third-order valence-corrected chi connectivity index (χ3v) is 5.60. The van der Waals surface area contributed by atoms with Crippen LogP contribution in [0.5, 0.6) is 0 Å². The van der Waals surface area contributed by atoms with Gasteiger partial charge in [0.1, 0.15) is 0 Å². The molecule has 0 aromatic rings. The van der Waals surface area contributed by atoms with E-state index in [1.807, 2.05) is 0 Å². The Labute approximate surface area is 156 Å². The van der Waals surface area contributed by atoms with Gasteiger partial charge in [-0.2, -0.15) is 0 Å². The van der Waals surface area contributed by atoms with E-state index in [2.05, 4.69) is 22.3 Å². The van der Waals surface area contributed by atoms with E-state index in [0.29, 0.717) is 6.54 Å². The van der Waals surface area contributed by atoms with E-state index in [0.717, 1.165) is 77.7 Å². The number of rotatable bonds is 20. The van der Waals surface area contributed by atoms with Crippen molar-refractivity contribution in [2.75, 3.05) is 45.0 Å². The van der Waals surface area contributed by atoms with E-state index >= 15 is 0 Å². The molecule has 0 aliphatic heterocycles. The highest BCUT2D eigenvalue weighted by atomic mass is 32.2. The summed E-state index contributed by atoms with van der Waals surface area (Å²) in [4.78, 5) is 0. The second-order valence-electron chi connectivity index (χ2n) is 6.68. The average molecular weight is 379 g/mol. The zero-order valence-corrected chi connectivity index (χ0v) is 17.1. The molecule has 0 radical (unpaired) electrons. The van der Waals surface area contributed by atoms with E-state index < -0.39 is 10.0 Å². The Hall–Kier alpha value is -0.210. The van der Waals surface area contributed by atoms with Crippen molar-refractivity contribution < 1.29 is 8.42 Å². The third kappa shape index (κ3) is 20.0. The summed E-state index contributed by atoms with van der Waals surface area (Å²) in [5.41, 5.74) is 5.43.